The van der Waals surface area contributed by atoms with Crippen LogP contribution in [0.2, 0.25) is 0 Å². The Morgan fingerprint density at radius 3 is 2.38 bits per heavy atom. The molecule has 1 aromatic heterocycles. The van der Waals surface area contributed by atoms with Gasteiger partial charge in [0.1, 0.15) is 6.33 Å². The topological polar surface area (TPSA) is 56.3 Å². The van der Waals surface area contributed by atoms with Crippen LogP contribution in [0.1, 0.15) is 12.5 Å². The molecule has 16 heavy (non-hydrogen) atoms. The molecule has 1 N–H and O–H groups in total. The predicted molar refractivity (Wildman–Crippen MR) is 60.3 cm³/mol. The maximum Gasteiger partial charge on any atom is 0.224 e. The molecular formula is C11H15N3O2. The molecule has 0 aliphatic rings. The minimum Gasteiger partial charge on any atom is -0.481 e. The maximum atomic E-state index is 5.27. The Bertz CT molecular complexity index is 365. The standard InChI is InChI=1S/C11H15N3O2/c1-5-8(2)12-6-9-10(15-3)13-7-14-11(9)16-4/h1,7-8,12H,6H2,2-4H3. The number of rotatable bonds is 5. The first-order valence-corrected chi connectivity index (χ1v) is 4.84. The molecule has 1 rings (SSSR count). The summed E-state index contributed by atoms with van der Waals surface area (Å²) in [5.41, 5.74) is 0.759. The van der Waals surface area contributed by atoms with Crippen LogP contribution in [0.3, 0.4) is 0 Å². The summed E-state index contributed by atoms with van der Waals surface area (Å²) in [7, 11) is 3.10. The van der Waals surface area contributed by atoms with E-state index in [1.807, 2.05) is 6.92 Å². The van der Waals surface area contributed by atoms with Crippen molar-refractivity contribution in [2.75, 3.05) is 14.2 Å². The quantitative estimate of drug-likeness (QED) is 0.738. The van der Waals surface area contributed by atoms with E-state index in [-0.39, 0.29) is 6.04 Å². The van der Waals surface area contributed by atoms with E-state index in [2.05, 4.69) is 21.2 Å². The SMILES string of the molecule is C#CC(C)NCc1c(OC)ncnc1OC. The molecule has 1 unspecified atom stereocenters. The van der Waals surface area contributed by atoms with Crippen LogP contribution in [0.5, 0.6) is 11.8 Å². The number of nitrogens with zero attached hydrogens (tertiary/aromatic N) is 2. The summed E-state index contributed by atoms with van der Waals surface area (Å²) in [5.74, 6) is 3.56. The summed E-state index contributed by atoms with van der Waals surface area (Å²) >= 11 is 0. The second kappa shape index (κ2) is 5.93. The smallest absolute Gasteiger partial charge is 0.224 e. The molecule has 0 amide bonds. The van der Waals surface area contributed by atoms with Crippen molar-refractivity contribution in [3.05, 3.63) is 11.9 Å². The lowest BCUT2D eigenvalue weighted by Gasteiger charge is -2.12. The van der Waals surface area contributed by atoms with Gasteiger partial charge < -0.3 is 9.47 Å². The van der Waals surface area contributed by atoms with Gasteiger partial charge in [-0.2, -0.15) is 0 Å². The van der Waals surface area contributed by atoms with Crippen LogP contribution in [0, 0.1) is 12.3 Å². The normalized spacial score (nSPS) is 11.6. The molecule has 0 bridgehead atoms. The van der Waals surface area contributed by atoms with Crippen molar-refractivity contribution in [1.82, 2.24) is 15.3 Å². The molecule has 86 valence electrons. The molecule has 0 aliphatic heterocycles. The molecule has 0 aliphatic carbocycles. The molecule has 5 nitrogen and oxygen atoms in total. The zero-order chi connectivity index (χ0) is 12.0. The van der Waals surface area contributed by atoms with Crippen LogP contribution >= 0.6 is 0 Å². The number of methoxy groups -OCH3 is 2. The van der Waals surface area contributed by atoms with E-state index in [0.717, 1.165) is 5.56 Å². The Hall–Kier alpha value is -1.80. The highest BCUT2D eigenvalue weighted by atomic mass is 16.5. The molecule has 0 saturated heterocycles. The van der Waals surface area contributed by atoms with Gasteiger partial charge in [0.15, 0.2) is 0 Å². The second-order valence-electron chi connectivity index (χ2n) is 3.14. The zero-order valence-electron chi connectivity index (χ0n) is 9.65. The summed E-state index contributed by atoms with van der Waals surface area (Å²) in [6.07, 6.45) is 6.67. The number of hydrogen-bond acceptors (Lipinski definition) is 5. The number of hydrogen-bond donors (Lipinski definition) is 1. The Kier molecular flexibility index (Phi) is 4.55. The first-order chi connectivity index (χ1) is 7.72. The molecular weight excluding hydrogens is 206 g/mol. The monoisotopic (exact) mass is 221 g/mol. The summed E-state index contributed by atoms with van der Waals surface area (Å²) in [6, 6.07) is -0.0328. The van der Waals surface area contributed by atoms with Gasteiger partial charge in [-0.1, -0.05) is 5.92 Å². The lowest BCUT2D eigenvalue weighted by molar-refractivity contribution is 0.358. The van der Waals surface area contributed by atoms with Crippen molar-refractivity contribution in [3.63, 3.8) is 0 Å². The fourth-order valence-electron chi connectivity index (χ4n) is 1.20. The van der Waals surface area contributed by atoms with Crippen molar-refractivity contribution < 1.29 is 9.47 Å². The van der Waals surface area contributed by atoms with E-state index < -0.39 is 0 Å². The van der Waals surface area contributed by atoms with E-state index in [9.17, 15) is 0 Å². The summed E-state index contributed by atoms with van der Waals surface area (Å²) in [6.45, 7) is 2.39. The van der Waals surface area contributed by atoms with Crippen LogP contribution in [0.25, 0.3) is 0 Å². The van der Waals surface area contributed by atoms with E-state index >= 15 is 0 Å². The third kappa shape index (κ3) is 2.84. The van der Waals surface area contributed by atoms with Gasteiger partial charge in [0.25, 0.3) is 0 Å². The van der Waals surface area contributed by atoms with Gasteiger partial charge in [-0.25, -0.2) is 9.97 Å². The van der Waals surface area contributed by atoms with Crippen LogP contribution in [-0.2, 0) is 6.54 Å². The third-order valence-electron chi connectivity index (χ3n) is 2.09. The van der Waals surface area contributed by atoms with Crippen LogP contribution in [0.4, 0.5) is 0 Å². The number of nitrogens with one attached hydrogen (secondary N) is 1. The van der Waals surface area contributed by atoms with Gasteiger partial charge in [0, 0.05) is 6.54 Å². The van der Waals surface area contributed by atoms with Crippen LogP contribution in [0.15, 0.2) is 6.33 Å². The summed E-state index contributed by atoms with van der Waals surface area (Å²) in [5, 5.41) is 3.12. The predicted octanol–water partition coefficient (Wildman–Crippen LogP) is 0.605. The van der Waals surface area contributed by atoms with Crippen molar-refractivity contribution in [1.29, 1.82) is 0 Å². The lowest BCUT2D eigenvalue weighted by atomic mass is 10.2. The van der Waals surface area contributed by atoms with Crippen LogP contribution < -0.4 is 14.8 Å². The first kappa shape index (κ1) is 12.3. The largest absolute Gasteiger partial charge is 0.481 e. The Morgan fingerprint density at radius 2 is 1.94 bits per heavy atom. The highest BCUT2D eigenvalue weighted by Gasteiger charge is 2.12. The van der Waals surface area contributed by atoms with Gasteiger partial charge in [0.05, 0.1) is 25.8 Å². The Labute approximate surface area is 95.2 Å². The first-order valence-electron chi connectivity index (χ1n) is 4.84. The highest BCUT2D eigenvalue weighted by molar-refractivity contribution is 5.34. The highest BCUT2D eigenvalue weighted by Crippen LogP contribution is 2.22. The van der Waals surface area contributed by atoms with Crippen LogP contribution in [-0.4, -0.2) is 30.2 Å². The van der Waals surface area contributed by atoms with Gasteiger partial charge in [0.2, 0.25) is 11.8 Å². The van der Waals surface area contributed by atoms with Crippen molar-refractivity contribution >= 4 is 0 Å². The van der Waals surface area contributed by atoms with Crippen molar-refractivity contribution in [2.24, 2.45) is 0 Å². The van der Waals surface area contributed by atoms with E-state index in [1.165, 1.54) is 6.33 Å². The number of terminal acetylenes is 1. The molecule has 0 saturated carbocycles. The molecule has 0 fully saturated rings. The summed E-state index contributed by atoms with van der Waals surface area (Å²) < 4.78 is 10.3. The minimum atomic E-state index is -0.0328. The molecule has 5 heteroatoms. The second-order valence-corrected chi connectivity index (χ2v) is 3.14. The molecule has 0 aromatic carbocycles. The minimum absolute atomic E-state index is 0.0328. The fourth-order valence-corrected chi connectivity index (χ4v) is 1.20. The van der Waals surface area contributed by atoms with Gasteiger partial charge >= 0.3 is 0 Å². The fraction of sp³-hybridized carbons (Fsp3) is 0.455. The Balaban J connectivity index is 2.87. The molecule has 1 heterocycles. The maximum absolute atomic E-state index is 5.27. The van der Waals surface area contributed by atoms with Crippen molar-refractivity contribution in [2.45, 2.75) is 19.5 Å². The molecule has 1 aromatic rings. The average molecular weight is 221 g/mol. The van der Waals surface area contributed by atoms with E-state index in [4.69, 9.17) is 15.9 Å². The molecule has 1 atom stereocenters. The van der Waals surface area contributed by atoms with E-state index in [1.54, 1.807) is 14.2 Å². The molecule has 0 radical (unpaired) electrons. The van der Waals surface area contributed by atoms with Gasteiger partial charge in [-0.3, -0.25) is 5.32 Å². The van der Waals surface area contributed by atoms with E-state index in [0.29, 0.717) is 18.3 Å². The molecule has 0 spiro atoms. The van der Waals surface area contributed by atoms with Crippen molar-refractivity contribution in [3.8, 4) is 24.1 Å². The van der Waals surface area contributed by atoms with Gasteiger partial charge in [-0.15, -0.1) is 6.42 Å². The lowest BCUT2D eigenvalue weighted by Crippen LogP contribution is -2.24. The Morgan fingerprint density at radius 1 is 1.38 bits per heavy atom. The number of aromatic nitrogens is 2. The third-order valence-corrected chi connectivity index (χ3v) is 2.09. The number of ether oxygens (including phenoxy) is 2. The average Bonchev–Trinajstić information content (AvgIpc) is 2.35. The zero-order valence-corrected chi connectivity index (χ0v) is 9.65. The van der Waals surface area contributed by atoms with Gasteiger partial charge in [-0.05, 0) is 6.92 Å². The summed E-state index contributed by atoms with van der Waals surface area (Å²) in [4.78, 5) is 8.01.